The summed E-state index contributed by atoms with van der Waals surface area (Å²) < 4.78 is 2.85. The van der Waals surface area contributed by atoms with Crippen LogP contribution in [0.1, 0.15) is 0 Å². The molecule has 52 heavy (non-hydrogen) atoms. The van der Waals surface area contributed by atoms with E-state index in [9.17, 15) is 9.59 Å². The first kappa shape index (κ1) is 30.8. The van der Waals surface area contributed by atoms with Crippen molar-refractivity contribution in [1.82, 2.24) is 19.1 Å². The molecule has 246 valence electrons. The smallest absolute Gasteiger partial charge is 0.268 e. The summed E-state index contributed by atoms with van der Waals surface area (Å²) in [5, 5.41) is 1.41. The van der Waals surface area contributed by atoms with E-state index in [1.165, 1.54) is 4.57 Å². The molecule has 0 bridgehead atoms. The highest BCUT2D eigenvalue weighted by atomic mass is 16.2. The van der Waals surface area contributed by atoms with Gasteiger partial charge in [-0.25, -0.2) is 19.3 Å². The van der Waals surface area contributed by atoms with Crippen LogP contribution in [0, 0.1) is 0 Å². The Balaban J connectivity index is 1.14. The summed E-state index contributed by atoms with van der Waals surface area (Å²) in [4.78, 5) is 38.3. The summed E-state index contributed by atoms with van der Waals surface area (Å²) >= 11 is 0. The molecule has 0 spiro atoms. The van der Waals surface area contributed by atoms with Crippen LogP contribution < -0.4 is 11.2 Å². The van der Waals surface area contributed by atoms with E-state index in [4.69, 9.17) is 9.97 Å². The van der Waals surface area contributed by atoms with Gasteiger partial charge in [0, 0.05) is 16.5 Å². The van der Waals surface area contributed by atoms with Crippen LogP contribution in [0.5, 0.6) is 0 Å². The molecule has 0 amide bonds. The van der Waals surface area contributed by atoms with E-state index in [2.05, 4.69) is 36.4 Å². The Labute approximate surface area is 299 Å². The van der Waals surface area contributed by atoms with Crippen molar-refractivity contribution in [2.24, 2.45) is 0 Å². The first-order valence-electron chi connectivity index (χ1n) is 17.1. The van der Waals surface area contributed by atoms with Crippen LogP contribution in [-0.2, 0) is 0 Å². The molecule has 6 heteroatoms. The van der Waals surface area contributed by atoms with Crippen molar-refractivity contribution in [3.8, 4) is 56.3 Å². The highest BCUT2D eigenvalue weighted by Crippen LogP contribution is 2.31. The number of fused-ring (bicyclic) bond motifs is 2. The standard InChI is InChI=1S/C46H30N4O2/c51-45-40-19-8-10-21-42(40)49(46(52)50(45)38-17-11-16-36(30-38)32-14-5-2-6-15-32)37-28-26-35(27-29-37)44-47-41-20-9-7-18-39(41)43(48-44)34-24-22-33(23-25-34)31-12-3-1-4-13-31/h1-30H. The Morgan fingerprint density at radius 1 is 0.385 bits per heavy atom. The molecule has 0 atom stereocenters. The minimum Gasteiger partial charge on any atom is -0.268 e. The summed E-state index contributed by atoms with van der Waals surface area (Å²) in [5.74, 6) is 0.576. The van der Waals surface area contributed by atoms with Crippen LogP contribution in [0.25, 0.3) is 78.1 Å². The van der Waals surface area contributed by atoms with Gasteiger partial charge in [0.25, 0.3) is 5.56 Å². The Hall–Kier alpha value is -7.18. The van der Waals surface area contributed by atoms with Gasteiger partial charge in [-0.3, -0.25) is 9.36 Å². The molecular formula is C46H30N4O2. The third kappa shape index (κ3) is 5.49. The summed E-state index contributed by atoms with van der Waals surface area (Å²) in [7, 11) is 0. The minimum absolute atomic E-state index is 0.368. The van der Waals surface area contributed by atoms with Gasteiger partial charge in [0.15, 0.2) is 5.82 Å². The van der Waals surface area contributed by atoms with Gasteiger partial charge in [0.05, 0.1) is 33.5 Å². The van der Waals surface area contributed by atoms with E-state index in [-0.39, 0.29) is 5.56 Å². The second kappa shape index (κ2) is 12.9. The van der Waals surface area contributed by atoms with Crippen molar-refractivity contribution in [1.29, 1.82) is 0 Å². The fourth-order valence-corrected chi connectivity index (χ4v) is 6.83. The number of nitrogens with zero attached hydrogens (tertiary/aromatic N) is 4. The van der Waals surface area contributed by atoms with E-state index in [0.717, 1.165) is 50.0 Å². The topological polar surface area (TPSA) is 69.8 Å². The lowest BCUT2D eigenvalue weighted by atomic mass is 10.0. The van der Waals surface area contributed by atoms with E-state index in [1.54, 1.807) is 22.8 Å². The largest absolute Gasteiger partial charge is 0.340 e. The monoisotopic (exact) mass is 670 g/mol. The molecule has 0 aliphatic rings. The molecule has 2 aromatic heterocycles. The number of aromatic nitrogens is 4. The maximum Gasteiger partial charge on any atom is 0.340 e. The van der Waals surface area contributed by atoms with E-state index in [0.29, 0.717) is 28.1 Å². The Morgan fingerprint density at radius 3 is 1.67 bits per heavy atom. The molecular weight excluding hydrogens is 641 g/mol. The van der Waals surface area contributed by atoms with Gasteiger partial charge in [0.1, 0.15) is 0 Å². The molecule has 0 radical (unpaired) electrons. The maximum atomic E-state index is 14.4. The number of hydrogen-bond acceptors (Lipinski definition) is 4. The van der Waals surface area contributed by atoms with E-state index in [1.807, 2.05) is 127 Å². The van der Waals surface area contributed by atoms with E-state index >= 15 is 0 Å². The average molecular weight is 671 g/mol. The first-order chi connectivity index (χ1) is 25.6. The lowest BCUT2D eigenvalue weighted by Crippen LogP contribution is -2.38. The third-order valence-corrected chi connectivity index (χ3v) is 9.42. The van der Waals surface area contributed by atoms with Crippen molar-refractivity contribution in [2.75, 3.05) is 0 Å². The van der Waals surface area contributed by atoms with Crippen LogP contribution in [0.2, 0.25) is 0 Å². The Bertz CT molecular complexity index is 2860. The number of benzene rings is 7. The van der Waals surface area contributed by atoms with Crippen molar-refractivity contribution < 1.29 is 0 Å². The molecule has 0 unspecified atom stereocenters. The third-order valence-electron chi connectivity index (χ3n) is 9.42. The van der Waals surface area contributed by atoms with Crippen molar-refractivity contribution in [3.63, 3.8) is 0 Å². The molecule has 0 saturated carbocycles. The molecule has 2 heterocycles. The molecule has 7 aromatic carbocycles. The van der Waals surface area contributed by atoms with Crippen LogP contribution in [0.3, 0.4) is 0 Å². The minimum atomic E-state index is -0.454. The Morgan fingerprint density at radius 2 is 0.942 bits per heavy atom. The van der Waals surface area contributed by atoms with Crippen molar-refractivity contribution in [3.05, 3.63) is 203 Å². The van der Waals surface area contributed by atoms with Gasteiger partial charge < -0.3 is 0 Å². The lowest BCUT2D eigenvalue weighted by molar-refractivity contribution is 0.835. The second-order valence-corrected chi connectivity index (χ2v) is 12.6. The molecule has 9 aromatic rings. The van der Waals surface area contributed by atoms with Gasteiger partial charge in [-0.05, 0) is 76.9 Å². The number of rotatable bonds is 6. The highest BCUT2D eigenvalue weighted by Gasteiger charge is 2.17. The SMILES string of the molecule is O=c1c2ccccc2n(-c2ccc(-c3nc(-c4ccc(-c5ccccc5)cc4)c4ccccc4n3)cc2)c(=O)n1-c1cccc(-c2ccccc2)c1. The first-order valence-corrected chi connectivity index (χ1v) is 17.1. The normalized spacial score (nSPS) is 11.2. The predicted molar refractivity (Wildman–Crippen MR) is 210 cm³/mol. The van der Waals surface area contributed by atoms with Gasteiger partial charge >= 0.3 is 5.69 Å². The molecule has 0 aliphatic heterocycles. The molecule has 0 N–H and O–H groups in total. The van der Waals surface area contributed by atoms with E-state index < -0.39 is 5.69 Å². The molecule has 6 nitrogen and oxygen atoms in total. The van der Waals surface area contributed by atoms with Gasteiger partial charge in [-0.1, -0.05) is 127 Å². The quantitative estimate of drug-likeness (QED) is 0.177. The van der Waals surface area contributed by atoms with Crippen molar-refractivity contribution >= 4 is 21.8 Å². The second-order valence-electron chi connectivity index (χ2n) is 12.6. The maximum absolute atomic E-state index is 14.4. The highest BCUT2D eigenvalue weighted by molar-refractivity contribution is 5.94. The van der Waals surface area contributed by atoms with Gasteiger partial charge in [-0.15, -0.1) is 0 Å². The molecule has 9 rings (SSSR count). The summed E-state index contributed by atoms with van der Waals surface area (Å²) in [6.45, 7) is 0. The summed E-state index contributed by atoms with van der Waals surface area (Å²) in [6.07, 6.45) is 0. The van der Waals surface area contributed by atoms with Gasteiger partial charge in [-0.2, -0.15) is 0 Å². The molecule has 0 fully saturated rings. The zero-order chi connectivity index (χ0) is 35.0. The number of hydrogen-bond donors (Lipinski definition) is 0. The fourth-order valence-electron chi connectivity index (χ4n) is 6.83. The van der Waals surface area contributed by atoms with Crippen LogP contribution in [0.15, 0.2) is 192 Å². The predicted octanol–water partition coefficient (Wildman–Crippen LogP) is 9.75. The molecule has 0 aliphatic carbocycles. The summed E-state index contributed by atoms with van der Waals surface area (Å²) in [6, 6.07) is 59.0. The van der Waals surface area contributed by atoms with Crippen LogP contribution in [0.4, 0.5) is 0 Å². The van der Waals surface area contributed by atoms with Crippen LogP contribution >= 0.6 is 0 Å². The van der Waals surface area contributed by atoms with Crippen LogP contribution in [-0.4, -0.2) is 19.1 Å². The number of para-hydroxylation sites is 2. The van der Waals surface area contributed by atoms with Crippen molar-refractivity contribution in [2.45, 2.75) is 0 Å². The summed E-state index contributed by atoms with van der Waals surface area (Å²) in [5.41, 5.74) is 8.51. The average Bonchev–Trinajstić information content (AvgIpc) is 3.22. The van der Waals surface area contributed by atoms with Gasteiger partial charge in [0.2, 0.25) is 0 Å². The Kier molecular flexibility index (Phi) is 7.67. The zero-order valence-electron chi connectivity index (χ0n) is 27.9. The molecule has 0 saturated heterocycles. The lowest BCUT2D eigenvalue weighted by Gasteiger charge is -2.15. The zero-order valence-corrected chi connectivity index (χ0v) is 27.9. The fraction of sp³-hybridized carbons (Fsp3) is 0.